The van der Waals surface area contributed by atoms with Crippen molar-refractivity contribution in [2.75, 3.05) is 31.1 Å². The molecule has 2 fully saturated rings. The summed E-state index contributed by atoms with van der Waals surface area (Å²) in [4.78, 5) is 22.6. The highest BCUT2D eigenvalue weighted by Crippen LogP contribution is 2.30. The average Bonchev–Trinajstić information content (AvgIpc) is 3.22. The first kappa shape index (κ1) is 22.8. The average molecular weight is 461 g/mol. The quantitative estimate of drug-likeness (QED) is 0.607. The van der Waals surface area contributed by atoms with Crippen molar-refractivity contribution in [2.45, 2.75) is 58.7 Å². The lowest BCUT2D eigenvalue weighted by Crippen LogP contribution is -2.48. The highest BCUT2D eigenvalue weighted by molar-refractivity contribution is 5.91. The lowest BCUT2D eigenvalue weighted by Gasteiger charge is -2.35. The number of hydrogen-bond donors (Lipinski definition) is 1. The van der Waals surface area contributed by atoms with Crippen molar-refractivity contribution in [3.63, 3.8) is 0 Å². The molecule has 5 rings (SSSR count). The van der Waals surface area contributed by atoms with Crippen LogP contribution in [0.5, 0.6) is 0 Å². The van der Waals surface area contributed by atoms with E-state index in [1.54, 1.807) is 0 Å². The number of anilines is 1. The van der Waals surface area contributed by atoms with E-state index in [1.165, 1.54) is 10.9 Å². The number of fused-ring (bicyclic) bond motifs is 1. The smallest absolute Gasteiger partial charge is 0.223 e. The zero-order chi connectivity index (χ0) is 23.5. The van der Waals surface area contributed by atoms with Crippen LogP contribution in [0.2, 0.25) is 0 Å². The summed E-state index contributed by atoms with van der Waals surface area (Å²) in [5.41, 5.74) is 3.52. The van der Waals surface area contributed by atoms with E-state index in [0.29, 0.717) is 6.04 Å². The Morgan fingerprint density at radius 3 is 2.47 bits per heavy atom. The highest BCUT2D eigenvalue weighted by atomic mass is 16.2. The Balaban J connectivity index is 1.13. The van der Waals surface area contributed by atoms with Crippen LogP contribution in [-0.2, 0) is 17.9 Å². The molecule has 0 unspecified atom stereocenters. The maximum Gasteiger partial charge on any atom is 0.223 e. The number of benzene rings is 1. The third kappa shape index (κ3) is 4.80. The number of likely N-dealkylation sites (tertiary alicyclic amines) is 1. The molecule has 3 aromatic rings. The zero-order valence-electron chi connectivity index (χ0n) is 20.4. The number of pyridine rings is 1. The molecule has 0 saturated carbocycles. The molecule has 7 nitrogen and oxygen atoms in total. The number of aryl methyl sites for hydroxylation is 2. The molecule has 7 heteroatoms. The van der Waals surface area contributed by atoms with Crippen LogP contribution in [0.25, 0.3) is 10.9 Å². The van der Waals surface area contributed by atoms with Gasteiger partial charge in [-0.15, -0.1) is 0 Å². The Labute approximate surface area is 202 Å². The first-order chi connectivity index (χ1) is 16.6. The number of nitrogens with zero attached hydrogens (tertiary/aromatic N) is 5. The Hall–Kier alpha value is -2.93. The summed E-state index contributed by atoms with van der Waals surface area (Å²) in [5.74, 6) is 1.34. The fourth-order valence-electron chi connectivity index (χ4n) is 5.48. The van der Waals surface area contributed by atoms with Crippen LogP contribution >= 0.6 is 0 Å². The fourth-order valence-corrected chi connectivity index (χ4v) is 5.48. The monoisotopic (exact) mass is 460 g/mol. The van der Waals surface area contributed by atoms with Crippen molar-refractivity contribution in [3.8, 4) is 0 Å². The van der Waals surface area contributed by atoms with Gasteiger partial charge in [0.2, 0.25) is 5.91 Å². The number of aromatic nitrogens is 3. The second-order valence-electron chi connectivity index (χ2n) is 9.74. The van der Waals surface area contributed by atoms with Crippen LogP contribution in [0.1, 0.15) is 43.9 Å². The van der Waals surface area contributed by atoms with Crippen molar-refractivity contribution < 1.29 is 4.79 Å². The minimum atomic E-state index is 0.0932. The molecule has 0 bridgehead atoms. The van der Waals surface area contributed by atoms with Gasteiger partial charge in [0.1, 0.15) is 5.52 Å². The molecule has 2 saturated heterocycles. The number of piperidine rings is 2. The maximum absolute atomic E-state index is 13.0. The maximum atomic E-state index is 13.0. The molecule has 2 aliphatic rings. The van der Waals surface area contributed by atoms with Gasteiger partial charge >= 0.3 is 0 Å². The second kappa shape index (κ2) is 10.1. The summed E-state index contributed by atoms with van der Waals surface area (Å²) in [6, 6.07) is 13.0. The lowest BCUT2D eigenvalue weighted by atomic mass is 9.94. The summed E-state index contributed by atoms with van der Waals surface area (Å²) in [6.45, 7) is 9.79. The molecule has 1 N–H and O–H groups in total. The number of rotatable bonds is 6. The molecule has 0 radical (unpaired) electrons. The molecular formula is C27H36N6O. The van der Waals surface area contributed by atoms with Crippen molar-refractivity contribution in [1.29, 1.82) is 0 Å². The molecule has 1 amide bonds. The first-order valence-corrected chi connectivity index (χ1v) is 12.8. The highest BCUT2D eigenvalue weighted by Gasteiger charge is 2.29. The van der Waals surface area contributed by atoms with Gasteiger partial charge in [-0.1, -0.05) is 30.3 Å². The molecule has 0 aliphatic carbocycles. The number of amides is 1. The van der Waals surface area contributed by atoms with Crippen LogP contribution in [-0.4, -0.2) is 57.8 Å². The standard InChI is InChI=1S/C27H36N6O/c1-3-33-25-24(20(2)30-33)9-14-28-26(25)32-17-10-22(11-18-32)27(34)29-23-12-15-31(16-13-23)19-21-7-5-4-6-8-21/h4-9,14,22-23H,3,10-13,15-19H2,1-2H3,(H,29,34). The first-order valence-electron chi connectivity index (χ1n) is 12.8. The van der Waals surface area contributed by atoms with Gasteiger partial charge in [0.15, 0.2) is 5.82 Å². The van der Waals surface area contributed by atoms with Crippen molar-refractivity contribution >= 4 is 22.6 Å². The predicted molar refractivity (Wildman–Crippen MR) is 136 cm³/mol. The van der Waals surface area contributed by atoms with Crippen LogP contribution in [0.3, 0.4) is 0 Å². The molecule has 0 spiro atoms. The van der Waals surface area contributed by atoms with Crippen LogP contribution < -0.4 is 10.2 Å². The van der Waals surface area contributed by atoms with E-state index in [2.05, 4.69) is 75.1 Å². The van der Waals surface area contributed by atoms with Gasteiger partial charge in [0, 0.05) is 62.8 Å². The van der Waals surface area contributed by atoms with E-state index < -0.39 is 0 Å². The number of carbonyl (C=O) groups is 1. The molecule has 4 heterocycles. The van der Waals surface area contributed by atoms with E-state index in [-0.39, 0.29) is 11.8 Å². The number of hydrogen-bond acceptors (Lipinski definition) is 5. The normalized spacial score (nSPS) is 18.5. The van der Waals surface area contributed by atoms with E-state index in [0.717, 1.165) is 82.0 Å². The van der Waals surface area contributed by atoms with Crippen LogP contribution in [0, 0.1) is 12.8 Å². The number of nitrogens with one attached hydrogen (secondary N) is 1. The van der Waals surface area contributed by atoms with E-state index in [4.69, 9.17) is 4.98 Å². The Morgan fingerprint density at radius 2 is 1.76 bits per heavy atom. The van der Waals surface area contributed by atoms with Crippen molar-refractivity contribution in [3.05, 3.63) is 53.9 Å². The number of carbonyl (C=O) groups excluding carboxylic acids is 1. The third-order valence-corrected chi connectivity index (χ3v) is 7.47. The van der Waals surface area contributed by atoms with E-state index >= 15 is 0 Å². The molecular weight excluding hydrogens is 424 g/mol. The third-order valence-electron chi connectivity index (χ3n) is 7.47. The summed E-state index contributed by atoms with van der Waals surface area (Å²) >= 11 is 0. The minimum absolute atomic E-state index is 0.0932. The molecule has 1 aromatic carbocycles. The van der Waals surface area contributed by atoms with E-state index in [9.17, 15) is 4.79 Å². The van der Waals surface area contributed by atoms with Gasteiger partial charge in [-0.2, -0.15) is 5.10 Å². The Kier molecular flexibility index (Phi) is 6.81. The summed E-state index contributed by atoms with van der Waals surface area (Å²) in [6.07, 6.45) is 5.69. The van der Waals surface area contributed by atoms with Gasteiger partial charge in [0.05, 0.1) is 5.69 Å². The van der Waals surface area contributed by atoms with Gasteiger partial charge in [0.25, 0.3) is 0 Å². The van der Waals surface area contributed by atoms with Gasteiger partial charge in [-0.25, -0.2) is 4.98 Å². The summed E-state index contributed by atoms with van der Waals surface area (Å²) < 4.78 is 2.05. The summed E-state index contributed by atoms with van der Waals surface area (Å²) in [7, 11) is 0. The van der Waals surface area contributed by atoms with Crippen LogP contribution in [0.15, 0.2) is 42.6 Å². The topological polar surface area (TPSA) is 66.3 Å². The largest absolute Gasteiger partial charge is 0.355 e. The molecule has 2 aromatic heterocycles. The minimum Gasteiger partial charge on any atom is -0.355 e. The molecule has 2 aliphatic heterocycles. The molecule has 180 valence electrons. The van der Waals surface area contributed by atoms with Crippen LogP contribution in [0.4, 0.5) is 5.82 Å². The molecule has 0 atom stereocenters. The Morgan fingerprint density at radius 1 is 1.03 bits per heavy atom. The predicted octanol–water partition coefficient (Wildman–Crippen LogP) is 3.76. The zero-order valence-corrected chi connectivity index (χ0v) is 20.4. The molecule has 34 heavy (non-hydrogen) atoms. The lowest BCUT2D eigenvalue weighted by molar-refractivity contribution is -0.126. The van der Waals surface area contributed by atoms with Gasteiger partial charge in [-0.05, 0) is 51.2 Å². The van der Waals surface area contributed by atoms with Crippen molar-refractivity contribution in [2.24, 2.45) is 5.92 Å². The fraction of sp³-hybridized carbons (Fsp3) is 0.519. The van der Waals surface area contributed by atoms with E-state index in [1.807, 2.05) is 6.20 Å². The SMILES string of the molecule is CCn1nc(C)c2ccnc(N3CCC(C(=O)NC4CCN(Cc5ccccc5)CC4)CC3)c21. The second-order valence-corrected chi connectivity index (χ2v) is 9.74. The van der Waals surface area contributed by atoms with Gasteiger partial charge < -0.3 is 10.2 Å². The van der Waals surface area contributed by atoms with Crippen molar-refractivity contribution in [1.82, 2.24) is 25.0 Å². The van der Waals surface area contributed by atoms with Gasteiger partial charge in [-0.3, -0.25) is 14.4 Å². The summed E-state index contributed by atoms with van der Waals surface area (Å²) in [5, 5.41) is 9.22. The Bertz CT molecular complexity index is 1110.